The first-order chi connectivity index (χ1) is 17.5. The minimum atomic E-state index is -0.748. The van der Waals surface area contributed by atoms with Crippen LogP contribution >= 0.6 is 0 Å². The number of aliphatic carboxylic acids is 1. The fourth-order valence-corrected chi connectivity index (χ4v) is 5.21. The number of methoxy groups -OCH3 is 1. The number of aromatic nitrogens is 1. The number of halogens is 1. The van der Waals surface area contributed by atoms with Crippen molar-refractivity contribution in [2.45, 2.75) is 38.5 Å². The summed E-state index contributed by atoms with van der Waals surface area (Å²) in [6, 6.07) is 14.6. The number of likely N-dealkylation sites (tertiary alicyclic amines) is 1. The second kappa shape index (κ2) is 12.5. The molecule has 1 fully saturated rings. The van der Waals surface area contributed by atoms with Crippen LogP contribution in [0.4, 0.5) is 4.39 Å². The lowest BCUT2D eigenvalue weighted by Crippen LogP contribution is -2.41. The van der Waals surface area contributed by atoms with Crippen molar-refractivity contribution in [3.63, 3.8) is 0 Å². The largest absolute Gasteiger partial charge is 0.497 e. The van der Waals surface area contributed by atoms with Crippen LogP contribution in [0.1, 0.15) is 43.2 Å². The molecule has 0 bridgehead atoms. The molecule has 1 aliphatic rings. The predicted octanol–water partition coefficient (Wildman–Crippen LogP) is 5.56. The number of fused-ring (bicyclic) bond motifs is 1. The summed E-state index contributed by atoms with van der Waals surface area (Å²) < 4.78 is 19.2. The van der Waals surface area contributed by atoms with E-state index in [1.807, 2.05) is 24.4 Å². The van der Waals surface area contributed by atoms with E-state index in [4.69, 9.17) is 4.74 Å². The maximum Gasteiger partial charge on any atom is 0.303 e. The molecule has 0 amide bonds. The molecule has 0 radical (unpaired) electrons. The summed E-state index contributed by atoms with van der Waals surface area (Å²) in [6.45, 7) is 2.32. The van der Waals surface area contributed by atoms with Gasteiger partial charge in [0.2, 0.25) is 0 Å². The van der Waals surface area contributed by atoms with Crippen LogP contribution in [0.25, 0.3) is 10.9 Å². The lowest BCUT2D eigenvalue weighted by atomic mass is 9.79. The van der Waals surface area contributed by atoms with Gasteiger partial charge in [-0.05, 0) is 92.4 Å². The Kier molecular flexibility index (Phi) is 8.91. The van der Waals surface area contributed by atoms with Gasteiger partial charge in [-0.3, -0.25) is 14.7 Å². The second-order valence-corrected chi connectivity index (χ2v) is 9.50. The fourth-order valence-electron chi connectivity index (χ4n) is 5.21. The molecule has 1 aromatic heterocycles. The quantitative estimate of drug-likeness (QED) is 0.400. The van der Waals surface area contributed by atoms with Crippen molar-refractivity contribution in [3.05, 3.63) is 71.7 Å². The van der Waals surface area contributed by atoms with Gasteiger partial charge in [0.1, 0.15) is 11.6 Å². The molecular weight excluding hydrogens is 455 g/mol. The van der Waals surface area contributed by atoms with Crippen LogP contribution in [0.3, 0.4) is 0 Å². The Labute approximate surface area is 212 Å². The Morgan fingerprint density at radius 3 is 2.86 bits per heavy atom. The number of pyridine rings is 1. The van der Waals surface area contributed by atoms with Gasteiger partial charge in [-0.25, -0.2) is 4.39 Å². The van der Waals surface area contributed by atoms with Crippen LogP contribution < -0.4 is 4.74 Å². The van der Waals surface area contributed by atoms with Crippen molar-refractivity contribution in [1.82, 2.24) is 9.88 Å². The SMILES string of the molecule is COc1ccc2nccc(CCCC3CCN(CC#Cc4ccccc4F)CC3CCC(=O)O)c2c1. The number of aryl methyl sites for hydroxylation is 1. The molecule has 4 rings (SSSR count). The molecule has 0 aliphatic carbocycles. The van der Waals surface area contributed by atoms with Crippen LogP contribution in [-0.2, 0) is 11.2 Å². The van der Waals surface area contributed by atoms with Crippen molar-refractivity contribution in [1.29, 1.82) is 0 Å². The number of hydrogen-bond donors (Lipinski definition) is 1. The topological polar surface area (TPSA) is 62.7 Å². The number of ether oxygens (including phenoxy) is 1. The van der Waals surface area contributed by atoms with Gasteiger partial charge < -0.3 is 9.84 Å². The summed E-state index contributed by atoms with van der Waals surface area (Å²) in [4.78, 5) is 18.0. The fraction of sp³-hybridized carbons (Fsp3) is 0.400. The number of rotatable bonds is 9. The van der Waals surface area contributed by atoms with E-state index >= 15 is 0 Å². The molecule has 36 heavy (non-hydrogen) atoms. The van der Waals surface area contributed by atoms with E-state index in [2.05, 4.69) is 27.8 Å². The van der Waals surface area contributed by atoms with Gasteiger partial charge in [0, 0.05) is 24.5 Å². The maximum atomic E-state index is 13.8. The molecule has 188 valence electrons. The van der Waals surface area contributed by atoms with E-state index in [0.29, 0.717) is 30.4 Å². The molecule has 2 unspecified atom stereocenters. The highest BCUT2D eigenvalue weighted by Crippen LogP contribution is 2.32. The Morgan fingerprint density at radius 1 is 1.19 bits per heavy atom. The smallest absolute Gasteiger partial charge is 0.303 e. The average Bonchev–Trinajstić information content (AvgIpc) is 2.89. The molecule has 1 saturated heterocycles. The van der Waals surface area contributed by atoms with E-state index in [-0.39, 0.29) is 12.2 Å². The molecular formula is C30H33FN2O3. The van der Waals surface area contributed by atoms with Crippen molar-refractivity contribution in [2.75, 3.05) is 26.7 Å². The minimum Gasteiger partial charge on any atom is -0.497 e. The van der Waals surface area contributed by atoms with E-state index < -0.39 is 5.97 Å². The van der Waals surface area contributed by atoms with Gasteiger partial charge in [0.15, 0.2) is 0 Å². The lowest BCUT2D eigenvalue weighted by molar-refractivity contribution is -0.137. The first-order valence-electron chi connectivity index (χ1n) is 12.6. The highest BCUT2D eigenvalue weighted by Gasteiger charge is 2.29. The first-order valence-corrected chi connectivity index (χ1v) is 12.6. The van der Waals surface area contributed by atoms with E-state index in [1.54, 1.807) is 25.3 Å². The summed E-state index contributed by atoms with van der Waals surface area (Å²) in [7, 11) is 1.67. The molecule has 3 aromatic rings. The van der Waals surface area contributed by atoms with E-state index in [0.717, 1.165) is 55.4 Å². The van der Waals surface area contributed by atoms with E-state index in [1.165, 1.54) is 11.6 Å². The Hall–Kier alpha value is -3.43. The number of piperidine rings is 1. The third-order valence-electron chi connectivity index (χ3n) is 7.16. The molecule has 0 saturated carbocycles. The Balaban J connectivity index is 1.36. The number of nitrogens with zero attached hydrogens (tertiary/aromatic N) is 2. The molecule has 2 aromatic carbocycles. The van der Waals surface area contributed by atoms with Crippen molar-refractivity contribution < 1.29 is 19.0 Å². The standard InChI is InChI=1S/C30H33FN2O3/c1-36-26-12-13-29-27(20-26)23(15-17-32-29)8-4-7-22-16-19-33(21-25(22)11-14-30(34)35)18-5-9-24-6-2-3-10-28(24)31/h2-3,6,10,12-13,15,17,20,22,25H,4,7-8,11,14,16,18-19,21H2,1H3,(H,34,35). The lowest BCUT2D eigenvalue weighted by Gasteiger charge is -2.38. The zero-order chi connectivity index (χ0) is 25.3. The molecule has 5 nitrogen and oxygen atoms in total. The number of carbonyl (C=O) groups is 1. The summed E-state index contributed by atoms with van der Waals surface area (Å²) in [5, 5.41) is 10.4. The van der Waals surface area contributed by atoms with Crippen molar-refractivity contribution in [2.24, 2.45) is 11.8 Å². The summed E-state index contributed by atoms with van der Waals surface area (Å²) in [5.74, 6) is 6.63. The molecule has 1 aliphatic heterocycles. The number of benzene rings is 2. The summed E-state index contributed by atoms with van der Waals surface area (Å²) >= 11 is 0. The van der Waals surface area contributed by atoms with Crippen molar-refractivity contribution in [3.8, 4) is 17.6 Å². The molecule has 2 atom stereocenters. The summed E-state index contributed by atoms with van der Waals surface area (Å²) in [5.41, 5.74) is 2.65. The highest BCUT2D eigenvalue weighted by molar-refractivity contribution is 5.83. The minimum absolute atomic E-state index is 0.185. The number of hydrogen-bond acceptors (Lipinski definition) is 4. The monoisotopic (exact) mass is 488 g/mol. The van der Waals surface area contributed by atoms with Crippen LogP contribution in [0.2, 0.25) is 0 Å². The molecule has 0 spiro atoms. The Morgan fingerprint density at radius 2 is 2.06 bits per heavy atom. The number of carboxylic acid groups (broad SMARTS) is 1. The van der Waals surface area contributed by atoms with Crippen molar-refractivity contribution >= 4 is 16.9 Å². The van der Waals surface area contributed by atoms with Crippen LogP contribution in [-0.4, -0.2) is 47.7 Å². The highest BCUT2D eigenvalue weighted by atomic mass is 19.1. The van der Waals surface area contributed by atoms with Gasteiger partial charge in [-0.15, -0.1) is 0 Å². The first kappa shape index (κ1) is 25.7. The van der Waals surface area contributed by atoms with Gasteiger partial charge in [0.25, 0.3) is 0 Å². The Bertz CT molecular complexity index is 1250. The molecule has 1 N–H and O–H groups in total. The number of carboxylic acids is 1. The third-order valence-corrected chi connectivity index (χ3v) is 7.16. The zero-order valence-electron chi connectivity index (χ0n) is 20.8. The second-order valence-electron chi connectivity index (χ2n) is 9.50. The van der Waals surface area contributed by atoms with Gasteiger partial charge in [0.05, 0.1) is 24.7 Å². The third kappa shape index (κ3) is 6.83. The van der Waals surface area contributed by atoms with Crippen LogP contribution in [0, 0.1) is 29.5 Å². The average molecular weight is 489 g/mol. The maximum absolute atomic E-state index is 13.8. The normalized spacial score (nSPS) is 17.9. The summed E-state index contributed by atoms with van der Waals surface area (Å²) in [6.07, 6.45) is 6.80. The van der Waals surface area contributed by atoms with E-state index in [9.17, 15) is 14.3 Å². The van der Waals surface area contributed by atoms with Gasteiger partial charge in [-0.1, -0.05) is 24.0 Å². The van der Waals surface area contributed by atoms with Crippen LogP contribution in [0.5, 0.6) is 5.75 Å². The van der Waals surface area contributed by atoms with Gasteiger partial charge >= 0.3 is 5.97 Å². The predicted molar refractivity (Wildman–Crippen MR) is 139 cm³/mol. The molecule has 2 heterocycles. The van der Waals surface area contributed by atoms with Crippen LogP contribution in [0.15, 0.2) is 54.7 Å². The van der Waals surface area contributed by atoms with Gasteiger partial charge in [-0.2, -0.15) is 0 Å². The zero-order valence-corrected chi connectivity index (χ0v) is 20.8. The molecule has 6 heteroatoms.